The lowest BCUT2D eigenvalue weighted by molar-refractivity contribution is -0.143. The first-order valence-corrected chi connectivity index (χ1v) is 10.4. The Balaban J connectivity index is 1.45. The number of nitrogens with one attached hydrogen (secondary N) is 1. The molecular weight excluding hydrogens is 378 g/mol. The largest absolute Gasteiger partial charge is 0.311 e. The third-order valence-electron chi connectivity index (χ3n) is 6.60. The Bertz CT molecular complexity index is 973. The van der Waals surface area contributed by atoms with Crippen LogP contribution in [0, 0.1) is 23.7 Å². The third-order valence-corrected chi connectivity index (χ3v) is 6.60. The summed E-state index contributed by atoms with van der Waals surface area (Å²) in [7, 11) is 0. The molecule has 1 aromatic carbocycles. The fourth-order valence-electron chi connectivity index (χ4n) is 5.24. The van der Waals surface area contributed by atoms with Crippen LogP contribution in [0.4, 0.5) is 5.82 Å². The average Bonchev–Trinajstić information content (AvgIpc) is 3.07. The van der Waals surface area contributed by atoms with Gasteiger partial charge in [-0.15, -0.1) is 0 Å². The molecule has 1 N–H and O–H groups in total. The van der Waals surface area contributed by atoms with Crippen molar-refractivity contribution in [3.05, 3.63) is 72.4 Å². The molecule has 2 fully saturated rings. The molecule has 1 saturated carbocycles. The summed E-state index contributed by atoms with van der Waals surface area (Å²) in [5.74, 6) is -0.423. The van der Waals surface area contributed by atoms with E-state index in [4.69, 9.17) is 0 Å². The van der Waals surface area contributed by atoms with Crippen molar-refractivity contribution in [3.63, 3.8) is 0 Å². The Labute approximate surface area is 175 Å². The van der Waals surface area contributed by atoms with E-state index < -0.39 is 6.04 Å². The van der Waals surface area contributed by atoms with Gasteiger partial charge in [0.25, 0.3) is 0 Å². The third kappa shape index (κ3) is 3.12. The highest BCUT2D eigenvalue weighted by Gasteiger charge is 2.58. The van der Waals surface area contributed by atoms with Crippen molar-refractivity contribution in [1.82, 2.24) is 9.88 Å². The average molecular weight is 401 g/mol. The van der Waals surface area contributed by atoms with Gasteiger partial charge in [0.1, 0.15) is 5.82 Å². The zero-order valence-electron chi connectivity index (χ0n) is 16.5. The van der Waals surface area contributed by atoms with Crippen LogP contribution in [0.1, 0.15) is 30.9 Å². The Morgan fingerprint density at radius 3 is 2.17 bits per heavy atom. The van der Waals surface area contributed by atoms with Crippen molar-refractivity contribution in [3.8, 4) is 0 Å². The van der Waals surface area contributed by atoms with E-state index in [9.17, 15) is 14.4 Å². The van der Waals surface area contributed by atoms with Gasteiger partial charge in [-0.2, -0.15) is 0 Å². The number of hydrogen-bond donors (Lipinski definition) is 1. The first-order valence-electron chi connectivity index (χ1n) is 10.4. The topological polar surface area (TPSA) is 79.4 Å². The van der Waals surface area contributed by atoms with E-state index in [-0.39, 0.29) is 47.8 Å². The first kappa shape index (κ1) is 18.7. The van der Waals surface area contributed by atoms with Crippen LogP contribution >= 0.6 is 0 Å². The molecule has 6 heteroatoms. The molecule has 3 amide bonds. The predicted octanol–water partition coefficient (Wildman–Crippen LogP) is 3.35. The minimum atomic E-state index is -0.625. The maximum atomic E-state index is 13.4. The molecule has 4 aliphatic rings. The minimum Gasteiger partial charge on any atom is -0.311 e. The van der Waals surface area contributed by atoms with Crippen LogP contribution < -0.4 is 5.32 Å². The van der Waals surface area contributed by atoms with E-state index in [1.807, 2.05) is 30.3 Å². The van der Waals surface area contributed by atoms with Crippen LogP contribution in [0.15, 0.2) is 66.9 Å². The highest BCUT2D eigenvalue weighted by molar-refractivity contribution is 6.07. The molecular formula is C24H23N3O3. The number of allylic oxidation sites excluding steroid dienone is 2. The van der Waals surface area contributed by atoms with Gasteiger partial charge in [0.15, 0.2) is 0 Å². The standard InChI is InChI=1S/C24H23N3O3/c28-20(26-19-8-4-5-13-25-19)14-18(15-6-2-1-3-7-15)27-23(29)21-16-9-10-17(12-11-16)22(21)24(27)30/h1-10,13,16-18,21-22H,11-12,14H2,(H,25,26,28)/t16-,17-,18-,21-,22+/m0/s1. The van der Waals surface area contributed by atoms with E-state index in [0.29, 0.717) is 5.82 Å². The van der Waals surface area contributed by atoms with Crippen molar-refractivity contribution in [2.45, 2.75) is 25.3 Å². The number of amides is 3. The summed E-state index contributed by atoms with van der Waals surface area (Å²) in [5.41, 5.74) is 0.786. The van der Waals surface area contributed by atoms with Gasteiger partial charge in [-0.3, -0.25) is 19.3 Å². The molecule has 1 saturated heterocycles. The SMILES string of the molecule is O=C(C[C@@H](c1ccccc1)N1C(=O)[C@@H]2[C@H](C1=O)[C@H]1C=C[C@H]2CC1)Nc1ccccn1. The smallest absolute Gasteiger partial charge is 0.234 e. The quantitative estimate of drug-likeness (QED) is 0.616. The van der Waals surface area contributed by atoms with Gasteiger partial charge in [0, 0.05) is 6.20 Å². The summed E-state index contributed by atoms with van der Waals surface area (Å²) in [6.07, 6.45) is 7.72. The molecule has 0 spiro atoms. The molecule has 6 rings (SSSR count). The number of rotatable bonds is 5. The van der Waals surface area contributed by atoms with Crippen LogP contribution in [0.3, 0.4) is 0 Å². The molecule has 1 aliphatic heterocycles. The van der Waals surface area contributed by atoms with Crippen LogP contribution in [0.5, 0.6) is 0 Å². The maximum Gasteiger partial charge on any atom is 0.234 e. The number of anilines is 1. The van der Waals surface area contributed by atoms with Gasteiger partial charge in [-0.05, 0) is 42.4 Å². The van der Waals surface area contributed by atoms with Crippen molar-refractivity contribution < 1.29 is 14.4 Å². The number of benzene rings is 1. The van der Waals surface area contributed by atoms with Crippen molar-refractivity contribution in [2.75, 3.05) is 5.32 Å². The molecule has 30 heavy (non-hydrogen) atoms. The molecule has 3 aliphatic carbocycles. The molecule has 0 unspecified atom stereocenters. The zero-order valence-corrected chi connectivity index (χ0v) is 16.5. The van der Waals surface area contributed by atoms with E-state index in [1.165, 1.54) is 4.90 Å². The lowest BCUT2D eigenvalue weighted by Gasteiger charge is -2.38. The molecule has 5 atom stereocenters. The Hall–Kier alpha value is -3.28. The lowest BCUT2D eigenvalue weighted by Crippen LogP contribution is -2.38. The highest BCUT2D eigenvalue weighted by Crippen LogP contribution is 2.51. The fourth-order valence-corrected chi connectivity index (χ4v) is 5.24. The summed E-state index contributed by atoms with van der Waals surface area (Å²) in [6.45, 7) is 0. The van der Waals surface area contributed by atoms with Gasteiger partial charge >= 0.3 is 0 Å². The second-order valence-corrected chi connectivity index (χ2v) is 8.28. The van der Waals surface area contributed by atoms with Crippen LogP contribution in [-0.4, -0.2) is 27.6 Å². The summed E-state index contributed by atoms with van der Waals surface area (Å²) in [6, 6.07) is 14.0. The van der Waals surface area contributed by atoms with E-state index >= 15 is 0 Å². The Morgan fingerprint density at radius 2 is 1.60 bits per heavy atom. The van der Waals surface area contributed by atoms with E-state index in [0.717, 1.165) is 18.4 Å². The molecule has 2 bridgehead atoms. The lowest BCUT2D eigenvalue weighted by atomic mass is 9.63. The maximum absolute atomic E-state index is 13.4. The van der Waals surface area contributed by atoms with Crippen molar-refractivity contribution >= 4 is 23.5 Å². The van der Waals surface area contributed by atoms with Crippen LogP contribution in [-0.2, 0) is 14.4 Å². The first-order chi connectivity index (χ1) is 14.6. The van der Waals surface area contributed by atoms with Gasteiger partial charge < -0.3 is 5.32 Å². The number of carbonyl (C=O) groups is 3. The Kier molecular flexibility index (Phi) is 4.69. The molecule has 2 aromatic rings. The van der Waals surface area contributed by atoms with Gasteiger partial charge in [0.2, 0.25) is 17.7 Å². The van der Waals surface area contributed by atoms with Gasteiger partial charge in [-0.1, -0.05) is 48.6 Å². The number of nitrogens with zero attached hydrogens (tertiary/aromatic N) is 2. The predicted molar refractivity (Wildman–Crippen MR) is 111 cm³/mol. The highest BCUT2D eigenvalue weighted by atomic mass is 16.2. The number of pyridine rings is 1. The molecule has 2 heterocycles. The molecule has 0 radical (unpaired) electrons. The summed E-state index contributed by atoms with van der Waals surface area (Å²) in [4.78, 5) is 45.2. The monoisotopic (exact) mass is 401 g/mol. The van der Waals surface area contributed by atoms with Gasteiger partial charge in [0.05, 0.1) is 24.3 Å². The van der Waals surface area contributed by atoms with Crippen molar-refractivity contribution in [1.29, 1.82) is 0 Å². The van der Waals surface area contributed by atoms with E-state index in [1.54, 1.807) is 24.4 Å². The number of likely N-dealkylation sites (tertiary alicyclic amines) is 1. The Morgan fingerprint density at radius 1 is 0.967 bits per heavy atom. The minimum absolute atomic E-state index is 0.000267. The van der Waals surface area contributed by atoms with Crippen LogP contribution in [0.25, 0.3) is 0 Å². The van der Waals surface area contributed by atoms with Crippen molar-refractivity contribution in [2.24, 2.45) is 23.7 Å². The molecule has 6 nitrogen and oxygen atoms in total. The van der Waals surface area contributed by atoms with Crippen LogP contribution in [0.2, 0.25) is 0 Å². The number of hydrogen-bond acceptors (Lipinski definition) is 4. The zero-order chi connectivity index (χ0) is 20.7. The normalized spacial score (nSPS) is 27.8. The number of imide groups is 1. The summed E-state index contributed by atoms with van der Waals surface area (Å²) >= 11 is 0. The summed E-state index contributed by atoms with van der Waals surface area (Å²) in [5, 5.41) is 2.78. The van der Waals surface area contributed by atoms with Gasteiger partial charge in [-0.25, -0.2) is 4.98 Å². The fraction of sp³-hybridized carbons (Fsp3) is 0.333. The molecule has 1 aromatic heterocycles. The number of carbonyl (C=O) groups excluding carboxylic acids is 3. The second-order valence-electron chi connectivity index (χ2n) is 8.28. The number of fused-ring (bicyclic) bond motifs is 1. The number of aromatic nitrogens is 1. The van der Waals surface area contributed by atoms with E-state index in [2.05, 4.69) is 22.5 Å². The second kappa shape index (κ2) is 7.52. The summed E-state index contributed by atoms with van der Waals surface area (Å²) < 4.78 is 0. The molecule has 152 valence electrons.